The second-order valence-corrected chi connectivity index (χ2v) is 2.85. The zero-order valence-electron chi connectivity index (χ0n) is 7.56. The maximum Gasteiger partial charge on any atom is 0.0115 e. The van der Waals surface area contributed by atoms with Crippen molar-refractivity contribution in [2.24, 2.45) is 0 Å². The van der Waals surface area contributed by atoms with Crippen LogP contribution in [-0.4, -0.2) is 31.2 Å². The third kappa shape index (κ3) is 4.16. The molecule has 2 rings (SSSR count). The van der Waals surface area contributed by atoms with Gasteiger partial charge >= 0.3 is 0 Å². The van der Waals surface area contributed by atoms with Gasteiger partial charge in [0, 0.05) is 38.1 Å². The van der Waals surface area contributed by atoms with Crippen LogP contribution >= 0.6 is 0 Å². The number of rotatable bonds is 0. The maximum atomic E-state index is 3.22. The fourth-order valence-electron chi connectivity index (χ4n) is 1.02. The van der Waals surface area contributed by atoms with Crippen LogP contribution in [0.1, 0.15) is 5.69 Å². The summed E-state index contributed by atoms with van der Waals surface area (Å²) in [5, 5.41) is 6.44. The summed E-state index contributed by atoms with van der Waals surface area (Å²) >= 11 is 0. The molecule has 1 aromatic heterocycles. The van der Waals surface area contributed by atoms with Gasteiger partial charge in [0.15, 0.2) is 0 Å². The van der Waals surface area contributed by atoms with Crippen LogP contribution in [0.15, 0.2) is 18.3 Å². The number of aromatic nitrogens is 1. The lowest BCUT2D eigenvalue weighted by Crippen LogP contribution is -2.39. The van der Waals surface area contributed by atoms with E-state index in [-0.39, 0.29) is 0 Å². The normalized spacial score (nSPS) is 16.4. The van der Waals surface area contributed by atoms with Gasteiger partial charge in [-0.3, -0.25) is 0 Å². The zero-order valence-corrected chi connectivity index (χ0v) is 7.56. The van der Waals surface area contributed by atoms with Crippen LogP contribution in [0.4, 0.5) is 0 Å². The Bertz CT molecular complexity index is 166. The molecule has 1 fully saturated rings. The topological polar surface area (TPSA) is 39.8 Å². The van der Waals surface area contributed by atoms with Crippen LogP contribution in [0, 0.1) is 6.92 Å². The smallest absolute Gasteiger partial charge is 0.0115 e. The van der Waals surface area contributed by atoms with Crippen molar-refractivity contribution in [1.82, 2.24) is 15.6 Å². The Hall–Kier alpha value is -0.800. The van der Waals surface area contributed by atoms with Crippen molar-refractivity contribution in [2.75, 3.05) is 26.2 Å². The molecule has 0 bridgehead atoms. The van der Waals surface area contributed by atoms with Crippen molar-refractivity contribution < 1.29 is 0 Å². The molecular formula is C9H17N3. The molecule has 2 heterocycles. The molecule has 0 aliphatic carbocycles. The number of hydrogen-bond donors (Lipinski definition) is 3. The van der Waals surface area contributed by atoms with E-state index in [1.54, 1.807) is 0 Å². The van der Waals surface area contributed by atoms with Crippen molar-refractivity contribution >= 4 is 0 Å². The first-order valence-electron chi connectivity index (χ1n) is 4.41. The highest BCUT2D eigenvalue weighted by Gasteiger charge is 1.91. The molecule has 1 aliphatic rings. The third-order valence-corrected chi connectivity index (χ3v) is 1.71. The number of aromatic amines is 1. The molecule has 3 heteroatoms. The highest BCUT2D eigenvalue weighted by atomic mass is 15.0. The standard InChI is InChI=1S/C5H7N.C4H10N2/c1-5-3-2-4-6-5;1-2-6-4-3-5-1/h2-4,6H,1H3;5-6H,1-4H2. The van der Waals surface area contributed by atoms with E-state index in [4.69, 9.17) is 0 Å². The first-order valence-corrected chi connectivity index (χ1v) is 4.41. The van der Waals surface area contributed by atoms with Crippen LogP contribution in [0.3, 0.4) is 0 Å². The van der Waals surface area contributed by atoms with Gasteiger partial charge in [-0.25, -0.2) is 0 Å². The monoisotopic (exact) mass is 167 g/mol. The molecule has 3 N–H and O–H groups in total. The van der Waals surface area contributed by atoms with Gasteiger partial charge in [-0.1, -0.05) is 0 Å². The molecule has 0 radical (unpaired) electrons. The number of piperazine rings is 1. The molecule has 12 heavy (non-hydrogen) atoms. The van der Waals surface area contributed by atoms with E-state index in [1.807, 2.05) is 25.3 Å². The van der Waals surface area contributed by atoms with Crippen LogP contribution < -0.4 is 10.6 Å². The predicted molar refractivity (Wildman–Crippen MR) is 51.3 cm³/mol. The van der Waals surface area contributed by atoms with E-state index < -0.39 is 0 Å². The van der Waals surface area contributed by atoms with Gasteiger partial charge in [0.05, 0.1) is 0 Å². The highest BCUT2D eigenvalue weighted by Crippen LogP contribution is 1.86. The van der Waals surface area contributed by atoms with Crippen molar-refractivity contribution in [3.8, 4) is 0 Å². The van der Waals surface area contributed by atoms with E-state index >= 15 is 0 Å². The summed E-state index contributed by atoms with van der Waals surface area (Å²) in [6.45, 7) is 6.58. The van der Waals surface area contributed by atoms with E-state index in [9.17, 15) is 0 Å². The van der Waals surface area contributed by atoms with Gasteiger partial charge in [0.25, 0.3) is 0 Å². The molecule has 1 aromatic rings. The zero-order chi connectivity index (χ0) is 8.65. The van der Waals surface area contributed by atoms with Crippen LogP contribution in [0.25, 0.3) is 0 Å². The number of H-pyrrole nitrogens is 1. The summed E-state index contributed by atoms with van der Waals surface area (Å²) in [5.41, 5.74) is 1.22. The van der Waals surface area contributed by atoms with Crippen LogP contribution in [-0.2, 0) is 0 Å². The summed E-state index contributed by atoms with van der Waals surface area (Å²) in [6.07, 6.45) is 1.91. The summed E-state index contributed by atoms with van der Waals surface area (Å²) in [6, 6.07) is 4.01. The van der Waals surface area contributed by atoms with E-state index in [0.29, 0.717) is 0 Å². The Labute approximate surface area is 73.6 Å². The fourth-order valence-corrected chi connectivity index (χ4v) is 1.02. The Kier molecular flexibility index (Phi) is 4.49. The molecule has 1 saturated heterocycles. The number of nitrogens with one attached hydrogen (secondary N) is 3. The lowest BCUT2D eigenvalue weighted by Gasteiger charge is -2.11. The molecule has 3 nitrogen and oxygen atoms in total. The molecule has 1 aliphatic heterocycles. The third-order valence-electron chi connectivity index (χ3n) is 1.71. The predicted octanol–water partition coefficient (Wildman–Crippen LogP) is 0.502. The Balaban J connectivity index is 0.000000120. The first-order chi connectivity index (χ1) is 5.89. The summed E-state index contributed by atoms with van der Waals surface area (Å²) in [4.78, 5) is 3.00. The lowest BCUT2D eigenvalue weighted by atomic mass is 10.4. The highest BCUT2D eigenvalue weighted by molar-refractivity contribution is 4.99. The summed E-state index contributed by atoms with van der Waals surface area (Å²) < 4.78 is 0. The SMILES string of the molecule is C1CNCCN1.Cc1ccc[nH]1. The average molecular weight is 167 g/mol. The second-order valence-electron chi connectivity index (χ2n) is 2.85. The van der Waals surface area contributed by atoms with Gasteiger partial charge < -0.3 is 15.6 Å². The minimum Gasteiger partial charge on any atom is -0.365 e. The van der Waals surface area contributed by atoms with Crippen molar-refractivity contribution in [3.05, 3.63) is 24.0 Å². The number of aryl methyl sites for hydroxylation is 1. The van der Waals surface area contributed by atoms with Gasteiger partial charge in [0.2, 0.25) is 0 Å². The minimum atomic E-state index is 1.14. The molecular weight excluding hydrogens is 150 g/mol. The van der Waals surface area contributed by atoms with Crippen LogP contribution in [0.5, 0.6) is 0 Å². The van der Waals surface area contributed by atoms with Crippen LogP contribution in [0.2, 0.25) is 0 Å². The number of hydrogen-bond acceptors (Lipinski definition) is 2. The van der Waals surface area contributed by atoms with E-state index in [1.165, 1.54) is 5.69 Å². The van der Waals surface area contributed by atoms with Gasteiger partial charge in [-0.2, -0.15) is 0 Å². The lowest BCUT2D eigenvalue weighted by molar-refractivity contribution is 0.534. The van der Waals surface area contributed by atoms with Crippen molar-refractivity contribution in [1.29, 1.82) is 0 Å². The molecule has 0 unspecified atom stereocenters. The second kappa shape index (κ2) is 5.80. The molecule has 0 amide bonds. The molecule has 0 aromatic carbocycles. The Morgan fingerprint density at radius 3 is 1.83 bits per heavy atom. The molecule has 0 atom stereocenters. The molecule has 0 spiro atoms. The fraction of sp³-hybridized carbons (Fsp3) is 0.556. The Morgan fingerprint density at radius 1 is 1.08 bits per heavy atom. The largest absolute Gasteiger partial charge is 0.365 e. The molecule has 68 valence electrons. The van der Waals surface area contributed by atoms with E-state index in [0.717, 1.165) is 26.2 Å². The van der Waals surface area contributed by atoms with Gasteiger partial charge in [-0.15, -0.1) is 0 Å². The van der Waals surface area contributed by atoms with Crippen molar-refractivity contribution in [3.63, 3.8) is 0 Å². The first kappa shape index (κ1) is 9.29. The van der Waals surface area contributed by atoms with E-state index in [2.05, 4.69) is 15.6 Å². The Morgan fingerprint density at radius 2 is 1.67 bits per heavy atom. The molecule has 0 saturated carbocycles. The maximum absolute atomic E-state index is 3.22. The minimum absolute atomic E-state index is 1.14. The summed E-state index contributed by atoms with van der Waals surface area (Å²) in [7, 11) is 0. The van der Waals surface area contributed by atoms with Gasteiger partial charge in [0.1, 0.15) is 0 Å². The summed E-state index contributed by atoms with van der Waals surface area (Å²) in [5.74, 6) is 0. The quantitative estimate of drug-likeness (QED) is 0.526. The average Bonchev–Trinajstić information content (AvgIpc) is 2.60. The van der Waals surface area contributed by atoms with Gasteiger partial charge in [-0.05, 0) is 19.1 Å². The van der Waals surface area contributed by atoms with Crippen molar-refractivity contribution in [2.45, 2.75) is 6.92 Å².